The maximum atomic E-state index is 13.2. The molecule has 19 heavy (non-hydrogen) atoms. The number of hydrogen-bond acceptors (Lipinski definition) is 1. The van der Waals surface area contributed by atoms with Crippen LogP contribution in [0.25, 0.3) is 10.9 Å². The van der Waals surface area contributed by atoms with E-state index < -0.39 is 24.7 Å². The molecule has 3 nitrogen and oxygen atoms in total. The van der Waals surface area contributed by atoms with Gasteiger partial charge in [-0.05, 0) is 18.6 Å². The molecule has 0 saturated heterocycles. The first-order chi connectivity index (χ1) is 8.93. The lowest BCUT2D eigenvalue weighted by Gasteiger charge is -2.15. The number of carboxylic acid groups (broad SMARTS) is 1. The number of benzene rings is 1. The van der Waals surface area contributed by atoms with E-state index in [0.717, 1.165) is 5.52 Å². The van der Waals surface area contributed by atoms with Crippen molar-refractivity contribution in [2.45, 2.75) is 25.7 Å². The largest absolute Gasteiger partial charge is 0.481 e. The smallest absolute Gasteiger partial charge is 0.304 e. The summed E-state index contributed by atoms with van der Waals surface area (Å²) in [6.45, 7) is 1.74. The van der Waals surface area contributed by atoms with Crippen LogP contribution in [0.4, 0.5) is 8.78 Å². The van der Waals surface area contributed by atoms with Crippen LogP contribution >= 0.6 is 0 Å². The van der Waals surface area contributed by atoms with Gasteiger partial charge in [0.1, 0.15) is 0 Å². The van der Waals surface area contributed by atoms with Crippen molar-refractivity contribution in [1.29, 1.82) is 0 Å². The lowest BCUT2D eigenvalue weighted by atomic mass is 9.93. The summed E-state index contributed by atoms with van der Waals surface area (Å²) in [5.41, 5.74) is 1.97. The third-order valence-electron chi connectivity index (χ3n) is 3.52. The molecule has 0 radical (unpaired) electrons. The molecule has 0 saturated carbocycles. The van der Waals surface area contributed by atoms with E-state index in [9.17, 15) is 13.6 Å². The number of rotatable bonds is 4. The zero-order valence-corrected chi connectivity index (χ0v) is 10.7. The third kappa shape index (κ3) is 2.32. The van der Waals surface area contributed by atoms with Gasteiger partial charge in [0.05, 0.1) is 12.3 Å². The summed E-state index contributed by atoms with van der Waals surface area (Å²) in [6, 6.07) is 7.21. The third-order valence-corrected chi connectivity index (χ3v) is 3.52. The summed E-state index contributed by atoms with van der Waals surface area (Å²) >= 11 is 0. The van der Waals surface area contributed by atoms with Crippen LogP contribution in [0, 0.1) is 6.92 Å². The fourth-order valence-corrected chi connectivity index (χ4v) is 2.52. The van der Waals surface area contributed by atoms with Gasteiger partial charge in [-0.3, -0.25) is 4.79 Å². The normalized spacial score (nSPS) is 13.1. The predicted octanol–water partition coefficient (Wildman–Crippen LogP) is 3.31. The van der Waals surface area contributed by atoms with Crippen molar-refractivity contribution >= 4 is 16.9 Å². The maximum Gasteiger partial charge on any atom is 0.304 e. The van der Waals surface area contributed by atoms with Gasteiger partial charge in [0.2, 0.25) is 6.43 Å². The molecular formula is C14H15F2NO2. The maximum absolute atomic E-state index is 13.2. The van der Waals surface area contributed by atoms with Crippen molar-refractivity contribution in [2.24, 2.45) is 7.05 Å². The van der Waals surface area contributed by atoms with Crippen LogP contribution in [0.15, 0.2) is 24.3 Å². The topological polar surface area (TPSA) is 42.2 Å². The summed E-state index contributed by atoms with van der Waals surface area (Å²) in [5, 5.41) is 9.53. The lowest BCUT2D eigenvalue weighted by molar-refractivity contribution is -0.138. The molecule has 102 valence electrons. The Morgan fingerprint density at radius 3 is 2.58 bits per heavy atom. The molecule has 1 aromatic heterocycles. The number of halogens is 2. The highest BCUT2D eigenvalue weighted by molar-refractivity contribution is 5.86. The molecule has 0 amide bonds. The Hall–Kier alpha value is -1.91. The zero-order valence-electron chi connectivity index (χ0n) is 10.7. The second kappa shape index (κ2) is 4.99. The number of nitrogens with zero attached hydrogens (tertiary/aromatic N) is 1. The molecule has 0 fully saturated rings. The van der Waals surface area contributed by atoms with Gasteiger partial charge in [0, 0.05) is 23.6 Å². The van der Waals surface area contributed by atoms with Crippen LogP contribution in [-0.4, -0.2) is 22.1 Å². The van der Waals surface area contributed by atoms with E-state index >= 15 is 0 Å². The minimum Gasteiger partial charge on any atom is -0.481 e. The van der Waals surface area contributed by atoms with Gasteiger partial charge in [-0.2, -0.15) is 0 Å². The van der Waals surface area contributed by atoms with E-state index in [1.165, 1.54) is 0 Å². The Labute approximate surface area is 109 Å². The van der Waals surface area contributed by atoms with Gasteiger partial charge < -0.3 is 9.67 Å². The standard InChI is InChI=1S/C14H15F2NO2/c1-8-13(10(14(15)16)7-12(18)19)9-5-3-4-6-11(9)17(8)2/h3-6,10,14H,7H2,1-2H3,(H,18,19). The molecule has 1 heterocycles. The predicted molar refractivity (Wildman–Crippen MR) is 68.7 cm³/mol. The molecule has 1 aromatic carbocycles. The van der Waals surface area contributed by atoms with Crippen molar-refractivity contribution in [3.63, 3.8) is 0 Å². The molecular weight excluding hydrogens is 252 g/mol. The minimum atomic E-state index is -2.69. The molecule has 1 atom stereocenters. The quantitative estimate of drug-likeness (QED) is 0.923. The Balaban J connectivity index is 2.65. The number of fused-ring (bicyclic) bond motifs is 1. The summed E-state index contributed by atoms with van der Waals surface area (Å²) in [4.78, 5) is 10.8. The number of para-hydroxylation sites is 1. The zero-order chi connectivity index (χ0) is 14.2. The molecule has 5 heteroatoms. The van der Waals surface area contributed by atoms with E-state index in [1.807, 2.05) is 16.7 Å². The second-order valence-corrected chi connectivity index (χ2v) is 4.61. The molecule has 1 unspecified atom stereocenters. The van der Waals surface area contributed by atoms with Crippen LogP contribution in [0.3, 0.4) is 0 Å². The van der Waals surface area contributed by atoms with Crippen molar-refractivity contribution in [3.8, 4) is 0 Å². The highest BCUT2D eigenvalue weighted by atomic mass is 19.3. The molecule has 2 rings (SSSR count). The molecule has 0 aliphatic heterocycles. The molecule has 2 aromatic rings. The first kappa shape index (κ1) is 13.5. The Morgan fingerprint density at radius 1 is 1.37 bits per heavy atom. The number of hydrogen-bond donors (Lipinski definition) is 1. The van der Waals surface area contributed by atoms with Crippen LogP contribution in [-0.2, 0) is 11.8 Å². The minimum absolute atomic E-state index is 0.440. The van der Waals surface area contributed by atoms with E-state index in [2.05, 4.69) is 0 Å². The monoisotopic (exact) mass is 267 g/mol. The molecule has 0 bridgehead atoms. The fourth-order valence-electron chi connectivity index (χ4n) is 2.52. The van der Waals surface area contributed by atoms with Crippen molar-refractivity contribution < 1.29 is 18.7 Å². The fraction of sp³-hybridized carbons (Fsp3) is 0.357. The number of aryl methyl sites for hydroxylation is 1. The Kier molecular flexibility index (Phi) is 3.55. The van der Waals surface area contributed by atoms with E-state index in [1.54, 1.807) is 26.1 Å². The number of aromatic nitrogens is 1. The van der Waals surface area contributed by atoms with E-state index in [4.69, 9.17) is 5.11 Å². The highest BCUT2D eigenvalue weighted by Gasteiger charge is 2.30. The van der Waals surface area contributed by atoms with Gasteiger partial charge in [0.25, 0.3) is 0 Å². The van der Waals surface area contributed by atoms with Crippen molar-refractivity contribution in [2.75, 3.05) is 0 Å². The van der Waals surface area contributed by atoms with Gasteiger partial charge >= 0.3 is 5.97 Å². The summed E-state index contributed by atoms with van der Waals surface area (Å²) in [6.07, 6.45) is -3.26. The molecule has 0 spiro atoms. The van der Waals surface area contributed by atoms with Crippen molar-refractivity contribution in [1.82, 2.24) is 4.57 Å². The number of carboxylic acids is 1. The van der Waals surface area contributed by atoms with E-state index in [0.29, 0.717) is 16.6 Å². The van der Waals surface area contributed by atoms with Crippen LogP contribution in [0.2, 0.25) is 0 Å². The van der Waals surface area contributed by atoms with Gasteiger partial charge in [-0.25, -0.2) is 8.78 Å². The number of carbonyl (C=O) groups is 1. The van der Waals surface area contributed by atoms with Crippen molar-refractivity contribution in [3.05, 3.63) is 35.5 Å². The van der Waals surface area contributed by atoms with Gasteiger partial charge in [-0.1, -0.05) is 18.2 Å². The molecule has 1 N–H and O–H groups in total. The summed E-state index contributed by atoms with van der Waals surface area (Å²) < 4.78 is 28.2. The second-order valence-electron chi connectivity index (χ2n) is 4.61. The lowest BCUT2D eigenvalue weighted by Crippen LogP contribution is -2.15. The Morgan fingerprint density at radius 2 is 2.00 bits per heavy atom. The molecule has 0 aliphatic rings. The Bertz CT molecular complexity index is 619. The number of aliphatic carboxylic acids is 1. The first-order valence-electron chi connectivity index (χ1n) is 5.97. The first-order valence-corrected chi connectivity index (χ1v) is 5.97. The average Bonchev–Trinajstić information content (AvgIpc) is 2.60. The van der Waals surface area contributed by atoms with Crippen LogP contribution < -0.4 is 0 Å². The average molecular weight is 267 g/mol. The summed E-state index contributed by atoms with van der Waals surface area (Å²) in [5.74, 6) is -2.48. The van der Waals surface area contributed by atoms with Gasteiger partial charge in [0.15, 0.2) is 0 Å². The van der Waals surface area contributed by atoms with Crippen LogP contribution in [0.5, 0.6) is 0 Å². The number of alkyl halides is 2. The SMILES string of the molecule is Cc1c(C(CC(=O)O)C(F)F)c2ccccc2n1C. The van der Waals surface area contributed by atoms with Gasteiger partial charge in [-0.15, -0.1) is 0 Å². The highest BCUT2D eigenvalue weighted by Crippen LogP contribution is 2.36. The van der Waals surface area contributed by atoms with Crippen LogP contribution in [0.1, 0.15) is 23.6 Å². The van der Waals surface area contributed by atoms with E-state index in [-0.39, 0.29) is 0 Å². The summed E-state index contributed by atoms with van der Waals surface area (Å²) in [7, 11) is 1.80. The molecule has 0 aliphatic carbocycles.